The minimum Gasteiger partial charge on any atom is -0.387 e. The molecule has 1 aliphatic heterocycles. The van der Waals surface area contributed by atoms with E-state index in [0.29, 0.717) is 0 Å². The van der Waals surface area contributed by atoms with E-state index in [1.807, 2.05) is 6.92 Å². The van der Waals surface area contributed by atoms with E-state index >= 15 is 0 Å². The standard InChI is InChI=1S/C13H15F3OS2/c1-8-12(19-7-6-18-8)11(17)9-4-2-3-5-10(9)13(14,15)16/h2-5,8,11-12,17H,6-7H2,1H3. The molecular weight excluding hydrogens is 293 g/mol. The van der Waals surface area contributed by atoms with Crippen molar-refractivity contribution in [1.82, 2.24) is 0 Å². The Morgan fingerprint density at radius 2 is 1.84 bits per heavy atom. The molecule has 6 heteroatoms. The predicted molar refractivity (Wildman–Crippen MR) is 74.6 cm³/mol. The zero-order valence-electron chi connectivity index (χ0n) is 10.4. The highest BCUT2D eigenvalue weighted by molar-refractivity contribution is 8.07. The molecule has 0 aromatic heterocycles. The minimum atomic E-state index is -4.42. The van der Waals surface area contributed by atoms with Crippen LogP contribution >= 0.6 is 23.5 Å². The molecule has 1 fully saturated rings. The van der Waals surface area contributed by atoms with E-state index in [4.69, 9.17) is 0 Å². The molecule has 106 valence electrons. The SMILES string of the molecule is CC1SCCSC1C(O)c1ccccc1C(F)(F)F. The van der Waals surface area contributed by atoms with Gasteiger partial charge in [-0.2, -0.15) is 36.7 Å². The maximum absolute atomic E-state index is 12.9. The largest absolute Gasteiger partial charge is 0.416 e. The summed E-state index contributed by atoms with van der Waals surface area (Å²) < 4.78 is 38.8. The molecule has 1 N–H and O–H groups in total. The second-order valence-corrected chi connectivity index (χ2v) is 7.21. The van der Waals surface area contributed by atoms with Gasteiger partial charge >= 0.3 is 6.18 Å². The molecule has 1 nitrogen and oxygen atoms in total. The highest BCUT2D eigenvalue weighted by Gasteiger charge is 2.38. The van der Waals surface area contributed by atoms with Crippen molar-refractivity contribution in [1.29, 1.82) is 0 Å². The van der Waals surface area contributed by atoms with Gasteiger partial charge in [-0.15, -0.1) is 0 Å². The first-order valence-corrected chi connectivity index (χ1v) is 8.08. The molecule has 1 heterocycles. The number of hydrogen-bond donors (Lipinski definition) is 1. The molecule has 3 unspecified atom stereocenters. The lowest BCUT2D eigenvalue weighted by molar-refractivity contribution is -0.139. The number of halogens is 3. The molecule has 1 aromatic rings. The van der Waals surface area contributed by atoms with E-state index in [2.05, 4.69) is 0 Å². The van der Waals surface area contributed by atoms with Crippen molar-refractivity contribution in [3.05, 3.63) is 35.4 Å². The molecule has 0 amide bonds. The predicted octanol–water partition coefficient (Wildman–Crippen LogP) is 3.98. The molecule has 0 aliphatic carbocycles. The van der Waals surface area contributed by atoms with Crippen molar-refractivity contribution in [2.24, 2.45) is 0 Å². The summed E-state index contributed by atoms with van der Waals surface area (Å²) in [6.07, 6.45) is -5.50. The first-order valence-electron chi connectivity index (χ1n) is 5.98. The number of thioether (sulfide) groups is 2. The van der Waals surface area contributed by atoms with Crippen LogP contribution in [-0.4, -0.2) is 27.1 Å². The van der Waals surface area contributed by atoms with Gasteiger partial charge in [-0.05, 0) is 11.6 Å². The molecule has 0 spiro atoms. The molecule has 0 saturated carbocycles. The second-order valence-electron chi connectivity index (χ2n) is 4.44. The molecule has 0 bridgehead atoms. The Balaban J connectivity index is 2.30. The summed E-state index contributed by atoms with van der Waals surface area (Å²) in [5, 5.41) is 10.3. The third-order valence-corrected chi connectivity index (χ3v) is 6.31. The fourth-order valence-corrected chi connectivity index (χ4v) is 5.01. The van der Waals surface area contributed by atoms with Crippen LogP contribution in [0, 0.1) is 0 Å². The summed E-state index contributed by atoms with van der Waals surface area (Å²) in [6.45, 7) is 1.96. The number of rotatable bonds is 2. The van der Waals surface area contributed by atoms with Gasteiger partial charge in [0.2, 0.25) is 0 Å². The topological polar surface area (TPSA) is 20.2 Å². The molecule has 1 aliphatic rings. The fourth-order valence-electron chi connectivity index (χ4n) is 2.19. The summed E-state index contributed by atoms with van der Waals surface area (Å²) >= 11 is 3.26. The van der Waals surface area contributed by atoms with Gasteiger partial charge in [0.25, 0.3) is 0 Å². The lowest BCUT2D eigenvalue weighted by Crippen LogP contribution is -2.30. The van der Waals surface area contributed by atoms with Crippen LogP contribution in [0.25, 0.3) is 0 Å². The summed E-state index contributed by atoms with van der Waals surface area (Å²) in [5.74, 6) is 1.85. The number of aliphatic hydroxyl groups excluding tert-OH is 1. The monoisotopic (exact) mass is 308 g/mol. The summed E-state index contributed by atoms with van der Waals surface area (Å²) in [7, 11) is 0. The maximum atomic E-state index is 12.9. The maximum Gasteiger partial charge on any atom is 0.416 e. The first kappa shape index (κ1) is 15.1. The van der Waals surface area contributed by atoms with Crippen LogP contribution in [0.2, 0.25) is 0 Å². The van der Waals surface area contributed by atoms with E-state index < -0.39 is 17.8 Å². The Morgan fingerprint density at radius 1 is 1.21 bits per heavy atom. The van der Waals surface area contributed by atoms with Gasteiger partial charge in [0.05, 0.1) is 11.7 Å². The molecule has 2 rings (SSSR count). The lowest BCUT2D eigenvalue weighted by Gasteiger charge is -2.32. The third kappa shape index (κ3) is 3.41. The Morgan fingerprint density at radius 3 is 2.47 bits per heavy atom. The van der Waals surface area contributed by atoms with Gasteiger partial charge in [0, 0.05) is 22.0 Å². The number of alkyl halides is 3. The van der Waals surface area contributed by atoms with Gasteiger partial charge in [0.15, 0.2) is 0 Å². The quantitative estimate of drug-likeness (QED) is 0.892. The van der Waals surface area contributed by atoms with Gasteiger partial charge in [-0.3, -0.25) is 0 Å². The number of hydrogen-bond acceptors (Lipinski definition) is 3. The third-order valence-electron chi connectivity index (χ3n) is 3.13. The number of aliphatic hydroxyl groups is 1. The van der Waals surface area contributed by atoms with Crippen LogP contribution in [0.3, 0.4) is 0 Å². The van der Waals surface area contributed by atoms with E-state index in [1.165, 1.54) is 12.1 Å². The minimum absolute atomic E-state index is 0.0122. The highest BCUT2D eigenvalue weighted by atomic mass is 32.2. The smallest absolute Gasteiger partial charge is 0.387 e. The molecule has 19 heavy (non-hydrogen) atoms. The van der Waals surface area contributed by atoms with Crippen molar-refractivity contribution in [2.75, 3.05) is 11.5 Å². The molecule has 1 saturated heterocycles. The van der Waals surface area contributed by atoms with Crippen LogP contribution in [0.4, 0.5) is 13.2 Å². The van der Waals surface area contributed by atoms with E-state index in [9.17, 15) is 18.3 Å². The Bertz CT molecular complexity index is 436. The molecule has 1 aromatic carbocycles. The van der Waals surface area contributed by atoms with Gasteiger partial charge < -0.3 is 5.11 Å². The molecular formula is C13H15F3OS2. The average molecular weight is 308 g/mol. The van der Waals surface area contributed by atoms with Gasteiger partial charge in [-0.1, -0.05) is 25.1 Å². The van der Waals surface area contributed by atoms with E-state index in [-0.39, 0.29) is 16.1 Å². The van der Waals surface area contributed by atoms with Crippen molar-refractivity contribution >= 4 is 23.5 Å². The second kappa shape index (κ2) is 5.97. The zero-order chi connectivity index (χ0) is 14.0. The van der Waals surface area contributed by atoms with E-state index in [1.54, 1.807) is 29.6 Å². The highest BCUT2D eigenvalue weighted by Crippen LogP contribution is 2.42. The van der Waals surface area contributed by atoms with Crippen molar-refractivity contribution in [2.45, 2.75) is 29.7 Å². The van der Waals surface area contributed by atoms with Crippen LogP contribution in [0.1, 0.15) is 24.2 Å². The lowest BCUT2D eigenvalue weighted by atomic mass is 9.98. The summed E-state index contributed by atoms with van der Waals surface area (Å²) in [4.78, 5) is 0. The van der Waals surface area contributed by atoms with Crippen molar-refractivity contribution < 1.29 is 18.3 Å². The first-order chi connectivity index (χ1) is 8.91. The Kier molecular flexibility index (Phi) is 4.74. The zero-order valence-corrected chi connectivity index (χ0v) is 12.0. The van der Waals surface area contributed by atoms with Crippen LogP contribution in [0.5, 0.6) is 0 Å². The Labute approximate surface area is 119 Å². The average Bonchev–Trinajstić information content (AvgIpc) is 2.37. The Hall–Kier alpha value is -0.330. The van der Waals surface area contributed by atoms with Gasteiger partial charge in [-0.25, -0.2) is 0 Å². The number of benzene rings is 1. The molecule has 0 radical (unpaired) electrons. The van der Waals surface area contributed by atoms with Crippen molar-refractivity contribution in [3.8, 4) is 0 Å². The summed E-state index contributed by atoms with van der Waals surface area (Å²) in [5.41, 5.74) is -0.743. The fraction of sp³-hybridized carbons (Fsp3) is 0.538. The van der Waals surface area contributed by atoms with Crippen LogP contribution in [-0.2, 0) is 6.18 Å². The van der Waals surface area contributed by atoms with Gasteiger partial charge in [0.1, 0.15) is 0 Å². The summed E-state index contributed by atoms with van der Waals surface area (Å²) in [6, 6.07) is 5.30. The van der Waals surface area contributed by atoms with E-state index in [0.717, 1.165) is 17.6 Å². The van der Waals surface area contributed by atoms with Crippen LogP contribution < -0.4 is 0 Å². The molecule has 3 atom stereocenters. The van der Waals surface area contributed by atoms with Crippen molar-refractivity contribution in [3.63, 3.8) is 0 Å². The van der Waals surface area contributed by atoms with Crippen LogP contribution in [0.15, 0.2) is 24.3 Å². The normalized spacial score (nSPS) is 26.2.